The Hall–Kier alpha value is -1.78. The molecule has 1 saturated carbocycles. The van der Waals surface area contributed by atoms with Crippen molar-refractivity contribution in [2.24, 2.45) is 0 Å². The van der Waals surface area contributed by atoms with Crippen LogP contribution in [-0.2, 0) is 9.53 Å². The lowest BCUT2D eigenvalue weighted by Crippen LogP contribution is -2.42. The Bertz CT molecular complexity index is 421. The number of amides is 1. The van der Waals surface area contributed by atoms with Crippen LogP contribution in [0.1, 0.15) is 49.6 Å². The number of esters is 1. The third-order valence-electron chi connectivity index (χ3n) is 3.34. The Labute approximate surface area is 112 Å². The van der Waals surface area contributed by atoms with E-state index in [-0.39, 0.29) is 17.7 Å². The summed E-state index contributed by atoms with van der Waals surface area (Å²) in [6.45, 7) is 1.81. The van der Waals surface area contributed by atoms with Gasteiger partial charge in [0.25, 0.3) is 5.91 Å². The van der Waals surface area contributed by atoms with Crippen molar-refractivity contribution in [1.82, 2.24) is 5.32 Å². The number of nitrogens with one attached hydrogen (secondary N) is 1. The number of hydrogen-bond acceptors (Lipinski definition) is 4. The molecule has 1 aromatic heterocycles. The molecule has 1 N–H and O–H groups in total. The normalized spacial score (nSPS) is 17.1. The number of ether oxygens (including phenoxy) is 1. The van der Waals surface area contributed by atoms with E-state index in [9.17, 15) is 9.59 Å². The van der Waals surface area contributed by atoms with E-state index in [0.717, 1.165) is 25.7 Å². The van der Waals surface area contributed by atoms with Crippen LogP contribution in [0.4, 0.5) is 0 Å². The fraction of sp³-hybridized carbons (Fsp3) is 0.571. The maximum Gasteiger partial charge on any atom is 0.374 e. The molecule has 1 aromatic rings. The Morgan fingerprint density at radius 3 is 2.79 bits per heavy atom. The first-order chi connectivity index (χ1) is 9.20. The molecular weight excluding hydrogens is 246 g/mol. The van der Waals surface area contributed by atoms with Crippen LogP contribution in [0.3, 0.4) is 0 Å². The maximum absolute atomic E-state index is 12.0. The zero-order chi connectivity index (χ0) is 13.7. The van der Waals surface area contributed by atoms with E-state index in [4.69, 9.17) is 9.15 Å². The van der Waals surface area contributed by atoms with E-state index in [1.807, 2.05) is 6.92 Å². The Balaban J connectivity index is 1.88. The van der Waals surface area contributed by atoms with Gasteiger partial charge in [-0.25, -0.2) is 4.79 Å². The molecule has 1 fully saturated rings. The van der Waals surface area contributed by atoms with Crippen LogP contribution >= 0.6 is 0 Å². The topological polar surface area (TPSA) is 68.5 Å². The van der Waals surface area contributed by atoms with Crippen LogP contribution in [0.15, 0.2) is 22.8 Å². The summed E-state index contributed by atoms with van der Waals surface area (Å²) >= 11 is 0. The lowest BCUT2D eigenvalue weighted by atomic mass is 10.2. The van der Waals surface area contributed by atoms with E-state index >= 15 is 0 Å². The van der Waals surface area contributed by atoms with E-state index in [1.54, 1.807) is 6.07 Å². The summed E-state index contributed by atoms with van der Waals surface area (Å²) in [5, 5.41) is 2.93. The predicted octanol–water partition coefficient (Wildman–Crippen LogP) is 2.27. The summed E-state index contributed by atoms with van der Waals surface area (Å²) in [5.74, 6) is -0.695. The van der Waals surface area contributed by atoms with Crippen molar-refractivity contribution < 1.29 is 18.7 Å². The van der Waals surface area contributed by atoms with Crippen LogP contribution in [0, 0.1) is 0 Å². The van der Waals surface area contributed by atoms with Crippen molar-refractivity contribution in [2.45, 2.75) is 51.2 Å². The van der Waals surface area contributed by atoms with Gasteiger partial charge in [-0.15, -0.1) is 0 Å². The summed E-state index contributed by atoms with van der Waals surface area (Å²) in [5.41, 5.74) is 0. The van der Waals surface area contributed by atoms with Crippen LogP contribution in [0.2, 0.25) is 0 Å². The van der Waals surface area contributed by atoms with E-state index in [1.165, 1.54) is 12.3 Å². The number of rotatable bonds is 5. The highest BCUT2D eigenvalue weighted by Crippen LogP contribution is 2.18. The third-order valence-corrected chi connectivity index (χ3v) is 3.34. The average molecular weight is 265 g/mol. The largest absolute Gasteiger partial charge is 0.457 e. The molecule has 5 heteroatoms. The monoisotopic (exact) mass is 265 g/mol. The zero-order valence-electron chi connectivity index (χ0n) is 11.1. The molecule has 0 aromatic carbocycles. The van der Waals surface area contributed by atoms with Gasteiger partial charge in [0.15, 0.2) is 6.10 Å². The highest BCUT2D eigenvalue weighted by molar-refractivity contribution is 5.90. The van der Waals surface area contributed by atoms with Gasteiger partial charge in [0.1, 0.15) is 0 Å². The summed E-state index contributed by atoms with van der Waals surface area (Å²) in [6.07, 6.45) is 5.41. The van der Waals surface area contributed by atoms with Crippen molar-refractivity contribution in [2.75, 3.05) is 0 Å². The smallest absolute Gasteiger partial charge is 0.374 e. The van der Waals surface area contributed by atoms with E-state index in [2.05, 4.69) is 5.32 Å². The standard InChI is InChI=1S/C14H19NO4/c1-2-11(13(16)15-10-6-3-4-7-10)19-14(17)12-8-5-9-18-12/h5,8-11H,2-4,6-7H2,1H3,(H,15,16)/t11-/m0/s1. The fourth-order valence-corrected chi connectivity index (χ4v) is 2.27. The highest BCUT2D eigenvalue weighted by Gasteiger charge is 2.26. The van der Waals surface area contributed by atoms with Gasteiger partial charge < -0.3 is 14.5 Å². The van der Waals surface area contributed by atoms with Gasteiger partial charge in [-0.1, -0.05) is 19.8 Å². The van der Waals surface area contributed by atoms with Crippen molar-refractivity contribution in [3.8, 4) is 0 Å². The molecule has 0 aliphatic heterocycles. The van der Waals surface area contributed by atoms with Gasteiger partial charge in [0.2, 0.25) is 5.76 Å². The second-order valence-electron chi connectivity index (χ2n) is 4.77. The molecule has 1 atom stereocenters. The molecule has 19 heavy (non-hydrogen) atoms. The molecule has 2 rings (SSSR count). The molecule has 0 radical (unpaired) electrons. The van der Waals surface area contributed by atoms with Crippen molar-refractivity contribution in [1.29, 1.82) is 0 Å². The minimum Gasteiger partial charge on any atom is -0.457 e. The van der Waals surface area contributed by atoms with Crippen LogP contribution in [0.5, 0.6) is 0 Å². The first kappa shape index (κ1) is 13.6. The van der Waals surface area contributed by atoms with Gasteiger partial charge >= 0.3 is 5.97 Å². The lowest BCUT2D eigenvalue weighted by molar-refractivity contribution is -0.130. The molecule has 1 amide bonds. The van der Waals surface area contributed by atoms with E-state index < -0.39 is 12.1 Å². The van der Waals surface area contributed by atoms with Gasteiger partial charge in [-0.3, -0.25) is 4.79 Å². The zero-order valence-corrected chi connectivity index (χ0v) is 11.1. The second-order valence-corrected chi connectivity index (χ2v) is 4.77. The second kappa shape index (κ2) is 6.41. The van der Waals surface area contributed by atoms with Crippen molar-refractivity contribution in [3.63, 3.8) is 0 Å². The minimum absolute atomic E-state index is 0.118. The quantitative estimate of drug-likeness (QED) is 0.829. The van der Waals surface area contributed by atoms with Gasteiger partial charge in [-0.05, 0) is 31.4 Å². The molecule has 1 aliphatic carbocycles. The first-order valence-electron chi connectivity index (χ1n) is 6.75. The molecule has 0 unspecified atom stereocenters. The number of hydrogen-bond donors (Lipinski definition) is 1. The maximum atomic E-state index is 12.0. The van der Waals surface area contributed by atoms with Gasteiger partial charge in [0.05, 0.1) is 6.26 Å². The van der Waals surface area contributed by atoms with Crippen LogP contribution < -0.4 is 5.32 Å². The summed E-state index contributed by atoms with van der Waals surface area (Å²) in [6, 6.07) is 3.35. The Morgan fingerprint density at radius 2 is 2.21 bits per heavy atom. The number of carbonyl (C=O) groups excluding carboxylic acids is 2. The summed E-state index contributed by atoms with van der Waals surface area (Å²) in [4.78, 5) is 23.7. The average Bonchev–Trinajstić information content (AvgIpc) is 3.07. The number of furan rings is 1. The molecule has 5 nitrogen and oxygen atoms in total. The Morgan fingerprint density at radius 1 is 1.47 bits per heavy atom. The first-order valence-corrected chi connectivity index (χ1v) is 6.75. The van der Waals surface area contributed by atoms with Crippen LogP contribution in [-0.4, -0.2) is 24.0 Å². The van der Waals surface area contributed by atoms with Gasteiger partial charge in [-0.2, -0.15) is 0 Å². The third kappa shape index (κ3) is 3.59. The van der Waals surface area contributed by atoms with E-state index in [0.29, 0.717) is 6.42 Å². The minimum atomic E-state index is -0.752. The SMILES string of the molecule is CC[C@H](OC(=O)c1ccco1)C(=O)NC1CCCC1. The molecule has 104 valence electrons. The highest BCUT2D eigenvalue weighted by atomic mass is 16.6. The lowest BCUT2D eigenvalue weighted by Gasteiger charge is -2.18. The molecule has 0 spiro atoms. The van der Waals surface area contributed by atoms with Crippen molar-refractivity contribution in [3.05, 3.63) is 24.2 Å². The fourth-order valence-electron chi connectivity index (χ4n) is 2.27. The molecular formula is C14H19NO4. The predicted molar refractivity (Wildman–Crippen MR) is 68.6 cm³/mol. The summed E-state index contributed by atoms with van der Waals surface area (Å²) < 4.78 is 10.1. The molecule has 0 saturated heterocycles. The number of carbonyl (C=O) groups is 2. The summed E-state index contributed by atoms with van der Waals surface area (Å²) in [7, 11) is 0. The van der Waals surface area contributed by atoms with Crippen molar-refractivity contribution >= 4 is 11.9 Å². The molecule has 0 bridgehead atoms. The Kier molecular flexibility index (Phi) is 4.60. The van der Waals surface area contributed by atoms with Gasteiger partial charge in [0, 0.05) is 6.04 Å². The van der Waals surface area contributed by atoms with Crippen LogP contribution in [0.25, 0.3) is 0 Å². The molecule has 1 aliphatic rings. The molecule has 1 heterocycles.